The number of anilines is 1. The molecular formula is C13H18N2S. The minimum absolute atomic E-state index is 0.613. The van der Waals surface area contributed by atoms with Gasteiger partial charge in [-0.3, -0.25) is 0 Å². The first-order chi connectivity index (χ1) is 7.67. The van der Waals surface area contributed by atoms with Crippen molar-refractivity contribution in [1.29, 1.82) is 5.26 Å². The third-order valence-corrected chi connectivity index (χ3v) is 3.29. The van der Waals surface area contributed by atoms with E-state index in [0.29, 0.717) is 5.92 Å². The fourth-order valence-corrected chi connectivity index (χ4v) is 2.22. The monoisotopic (exact) mass is 234 g/mol. The molecule has 0 heterocycles. The Kier molecular flexibility index (Phi) is 5.21. The zero-order chi connectivity index (χ0) is 12.0. The van der Waals surface area contributed by atoms with Gasteiger partial charge in [0.2, 0.25) is 0 Å². The number of nitrogens with zero attached hydrogens (tertiary/aromatic N) is 1. The Balaban J connectivity index is 2.66. The Labute approximate surface area is 102 Å². The maximum Gasteiger partial charge on any atom is 0.101 e. The van der Waals surface area contributed by atoms with Crippen LogP contribution in [-0.4, -0.2) is 18.6 Å². The lowest BCUT2D eigenvalue weighted by molar-refractivity contribution is 0.701. The Morgan fingerprint density at radius 2 is 2.25 bits per heavy atom. The fourth-order valence-electron chi connectivity index (χ4n) is 1.53. The molecule has 1 rings (SSSR count). The maximum absolute atomic E-state index is 8.98. The second-order valence-electron chi connectivity index (χ2n) is 4.10. The van der Waals surface area contributed by atoms with Gasteiger partial charge in [-0.25, -0.2) is 0 Å². The van der Waals surface area contributed by atoms with Gasteiger partial charge in [0.1, 0.15) is 6.07 Å². The summed E-state index contributed by atoms with van der Waals surface area (Å²) in [6.45, 7) is 5.17. The van der Waals surface area contributed by atoms with Gasteiger partial charge in [0, 0.05) is 6.54 Å². The molecule has 86 valence electrons. The molecule has 0 spiro atoms. The van der Waals surface area contributed by atoms with Crippen LogP contribution in [0, 0.1) is 24.2 Å². The highest BCUT2D eigenvalue weighted by Gasteiger charge is 2.04. The second kappa shape index (κ2) is 6.44. The minimum Gasteiger partial charge on any atom is -0.384 e. The fraction of sp³-hybridized carbons (Fsp3) is 0.462. The summed E-state index contributed by atoms with van der Waals surface area (Å²) in [5, 5.41) is 12.3. The second-order valence-corrected chi connectivity index (χ2v) is 5.01. The van der Waals surface area contributed by atoms with E-state index in [1.807, 2.05) is 36.9 Å². The van der Waals surface area contributed by atoms with Gasteiger partial charge in [0.05, 0.1) is 11.3 Å². The highest BCUT2D eigenvalue weighted by molar-refractivity contribution is 7.98. The maximum atomic E-state index is 8.98. The number of nitriles is 1. The molecule has 0 radical (unpaired) electrons. The van der Waals surface area contributed by atoms with E-state index in [1.165, 1.54) is 5.56 Å². The van der Waals surface area contributed by atoms with Crippen LogP contribution in [0.5, 0.6) is 0 Å². The third kappa shape index (κ3) is 3.79. The molecule has 0 aliphatic rings. The van der Waals surface area contributed by atoms with E-state index in [9.17, 15) is 0 Å². The molecule has 0 amide bonds. The summed E-state index contributed by atoms with van der Waals surface area (Å²) in [5.74, 6) is 1.75. The van der Waals surface area contributed by atoms with Gasteiger partial charge >= 0.3 is 0 Å². The predicted molar refractivity (Wildman–Crippen MR) is 71.9 cm³/mol. The highest BCUT2D eigenvalue weighted by atomic mass is 32.2. The van der Waals surface area contributed by atoms with Crippen molar-refractivity contribution >= 4 is 17.4 Å². The Hall–Kier alpha value is -1.14. The minimum atomic E-state index is 0.613. The molecule has 0 aliphatic heterocycles. The Bertz CT molecular complexity index is 382. The summed E-state index contributed by atoms with van der Waals surface area (Å²) in [7, 11) is 0. The standard InChI is InChI=1S/C13H18N2S/c1-10-4-5-12(7-14)13(6-10)15-8-11(2)9-16-3/h4-6,11,15H,8-9H2,1-3H3. The Morgan fingerprint density at radius 1 is 1.50 bits per heavy atom. The van der Waals surface area contributed by atoms with Crippen LogP contribution in [0.3, 0.4) is 0 Å². The van der Waals surface area contributed by atoms with E-state index in [1.54, 1.807) is 0 Å². The molecule has 0 saturated heterocycles. The first kappa shape index (κ1) is 12.9. The average molecular weight is 234 g/mol. The van der Waals surface area contributed by atoms with Crippen molar-refractivity contribution in [3.63, 3.8) is 0 Å². The molecule has 3 heteroatoms. The molecule has 1 unspecified atom stereocenters. The number of thioether (sulfide) groups is 1. The number of benzene rings is 1. The summed E-state index contributed by atoms with van der Waals surface area (Å²) >= 11 is 1.85. The van der Waals surface area contributed by atoms with Gasteiger partial charge in [-0.2, -0.15) is 17.0 Å². The first-order valence-corrected chi connectivity index (χ1v) is 6.80. The topological polar surface area (TPSA) is 35.8 Å². The van der Waals surface area contributed by atoms with Crippen LogP contribution < -0.4 is 5.32 Å². The molecule has 1 aromatic rings. The summed E-state index contributed by atoms with van der Waals surface area (Å²) in [6, 6.07) is 8.08. The molecule has 16 heavy (non-hydrogen) atoms. The average Bonchev–Trinajstić information content (AvgIpc) is 2.27. The summed E-state index contributed by atoms with van der Waals surface area (Å²) in [4.78, 5) is 0. The largest absolute Gasteiger partial charge is 0.384 e. The van der Waals surface area contributed by atoms with Crippen molar-refractivity contribution in [1.82, 2.24) is 0 Å². The summed E-state index contributed by atoms with van der Waals surface area (Å²) < 4.78 is 0. The summed E-state index contributed by atoms with van der Waals surface area (Å²) in [6.07, 6.45) is 2.11. The van der Waals surface area contributed by atoms with Crippen LogP contribution in [-0.2, 0) is 0 Å². The number of hydrogen-bond acceptors (Lipinski definition) is 3. The zero-order valence-corrected chi connectivity index (χ0v) is 10.9. The van der Waals surface area contributed by atoms with Crippen LogP contribution in [0.25, 0.3) is 0 Å². The molecule has 0 bridgehead atoms. The molecule has 0 saturated carbocycles. The Morgan fingerprint density at radius 3 is 2.88 bits per heavy atom. The van der Waals surface area contributed by atoms with Crippen LogP contribution >= 0.6 is 11.8 Å². The van der Waals surface area contributed by atoms with Crippen molar-refractivity contribution in [2.75, 3.05) is 23.9 Å². The number of rotatable bonds is 5. The van der Waals surface area contributed by atoms with Crippen LogP contribution in [0.15, 0.2) is 18.2 Å². The molecule has 0 aromatic heterocycles. The van der Waals surface area contributed by atoms with Gasteiger partial charge in [-0.05, 0) is 42.5 Å². The van der Waals surface area contributed by atoms with Gasteiger partial charge in [-0.15, -0.1) is 0 Å². The molecule has 2 nitrogen and oxygen atoms in total. The van der Waals surface area contributed by atoms with E-state index in [0.717, 1.165) is 23.5 Å². The molecule has 1 N–H and O–H groups in total. The van der Waals surface area contributed by atoms with Crippen LogP contribution in [0.4, 0.5) is 5.69 Å². The summed E-state index contributed by atoms with van der Waals surface area (Å²) in [5.41, 5.74) is 2.86. The van der Waals surface area contributed by atoms with Gasteiger partial charge in [0.25, 0.3) is 0 Å². The van der Waals surface area contributed by atoms with Crippen LogP contribution in [0.2, 0.25) is 0 Å². The van der Waals surface area contributed by atoms with Crippen molar-refractivity contribution in [3.8, 4) is 6.07 Å². The van der Waals surface area contributed by atoms with E-state index < -0.39 is 0 Å². The highest BCUT2D eigenvalue weighted by Crippen LogP contribution is 2.17. The normalized spacial score (nSPS) is 11.9. The predicted octanol–water partition coefficient (Wildman–Crippen LogP) is 3.28. The van der Waals surface area contributed by atoms with Crippen molar-refractivity contribution in [3.05, 3.63) is 29.3 Å². The molecule has 0 fully saturated rings. The van der Waals surface area contributed by atoms with E-state index >= 15 is 0 Å². The lowest BCUT2D eigenvalue weighted by Gasteiger charge is -2.13. The quantitative estimate of drug-likeness (QED) is 0.849. The third-order valence-electron chi connectivity index (χ3n) is 2.39. The molecule has 0 aliphatic carbocycles. The van der Waals surface area contributed by atoms with Crippen molar-refractivity contribution in [2.24, 2.45) is 5.92 Å². The zero-order valence-electron chi connectivity index (χ0n) is 10.1. The molecular weight excluding hydrogens is 216 g/mol. The molecule has 1 atom stereocenters. The van der Waals surface area contributed by atoms with E-state index in [-0.39, 0.29) is 0 Å². The van der Waals surface area contributed by atoms with E-state index in [4.69, 9.17) is 5.26 Å². The number of aryl methyl sites for hydroxylation is 1. The molecule has 1 aromatic carbocycles. The lowest BCUT2D eigenvalue weighted by atomic mass is 10.1. The van der Waals surface area contributed by atoms with Gasteiger partial charge < -0.3 is 5.32 Å². The number of hydrogen-bond donors (Lipinski definition) is 1. The van der Waals surface area contributed by atoms with E-state index in [2.05, 4.69) is 24.6 Å². The lowest BCUT2D eigenvalue weighted by Crippen LogP contribution is -2.14. The van der Waals surface area contributed by atoms with Gasteiger partial charge in [0.15, 0.2) is 0 Å². The smallest absolute Gasteiger partial charge is 0.101 e. The SMILES string of the molecule is CSCC(C)CNc1cc(C)ccc1C#N. The van der Waals surface area contributed by atoms with Crippen LogP contribution in [0.1, 0.15) is 18.1 Å². The van der Waals surface area contributed by atoms with Crippen molar-refractivity contribution in [2.45, 2.75) is 13.8 Å². The van der Waals surface area contributed by atoms with Crippen molar-refractivity contribution < 1.29 is 0 Å². The first-order valence-electron chi connectivity index (χ1n) is 5.41. The van der Waals surface area contributed by atoms with Gasteiger partial charge in [-0.1, -0.05) is 13.0 Å². The number of nitrogens with one attached hydrogen (secondary N) is 1.